The second-order valence-electron chi connectivity index (χ2n) is 6.83. The zero-order valence-electron chi connectivity index (χ0n) is 14.9. The van der Waals surface area contributed by atoms with Crippen molar-refractivity contribution in [2.75, 3.05) is 24.1 Å². The van der Waals surface area contributed by atoms with Gasteiger partial charge in [-0.2, -0.15) is 9.78 Å². The number of amides is 1. The SMILES string of the molecule is CCC(=O)N1CCc2c(nn(C(=O)C3CCNc4ccccc43)c2N)C1. The summed E-state index contributed by atoms with van der Waals surface area (Å²) in [5.74, 6) is 0.163. The van der Waals surface area contributed by atoms with E-state index in [1.165, 1.54) is 4.68 Å². The summed E-state index contributed by atoms with van der Waals surface area (Å²) in [4.78, 5) is 26.9. The van der Waals surface area contributed by atoms with E-state index in [-0.39, 0.29) is 17.7 Å². The molecule has 136 valence electrons. The van der Waals surface area contributed by atoms with Gasteiger partial charge in [0.1, 0.15) is 5.82 Å². The minimum Gasteiger partial charge on any atom is -0.385 e. The third-order valence-electron chi connectivity index (χ3n) is 5.33. The van der Waals surface area contributed by atoms with Crippen LogP contribution < -0.4 is 11.1 Å². The van der Waals surface area contributed by atoms with Crippen molar-refractivity contribution in [3.8, 4) is 0 Å². The van der Waals surface area contributed by atoms with Gasteiger partial charge < -0.3 is 16.0 Å². The van der Waals surface area contributed by atoms with Crippen LogP contribution in [0.5, 0.6) is 0 Å². The molecule has 26 heavy (non-hydrogen) atoms. The summed E-state index contributed by atoms with van der Waals surface area (Å²) in [5, 5.41) is 7.82. The number of nitrogens with two attached hydrogens (primary N) is 1. The molecule has 0 fully saturated rings. The lowest BCUT2D eigenvalue weighted by molar-refractivity contribution is -0.131. The normalized spacial score (nSPS) is 18.7. The Bertz CT molecular complexity index is 873. The van der Waals surface area contributed by atoms with Gasteiger partial charge in [-0.15, -0.1) is 0 Å². The molecule has 1 unspecified atom stereocenters. The topological polar surface area (TPSA) is 93.2 Å². The summed E-state index contributed by atoms with van der Waals surface area (Å²) in [7, 11) is 0. The van der Waals surface area contributed by atoms with Crippen molar-refractivity contribution in [2.24, 2.45) is 0 Å². The Labute approximate surface area is 152 Å². The smallest absolute Gasteiger partial charge is 0.256 e. The molecule has 4 rings (SSSR count). The molecule has 1 aromatic heterocycles. The van der Waals surface area contributed by atoms with Crippen molar-refractivity contribution in [3.63, 3.8) is 0 Å². The first-order valence-electron chi connectivity index (χ1n) is 9.11. The van der Waals surface area contributed by atoms with Gasteiger partial charge in [0, 0.05) is 30.8 Å². The van der Waals surface area contributed by atoms with Crippen LogP contribution in [-0.2, 0) is 17.8 Å². The fourth-order valence-electron chi connectivity index (χ4n) is 3.89. The molecule has 0 bridgehead atoms. The van der Waals surface area contributed by atoms with Crippen LogP contribution in [0.2, 0.25) is 0 Å². The summed E-state index contributed by atoms with van der Waals surface area (Å²) in [6, 6.07) is 7.86. The fourth-order valence-corrected chi connectivity index (χ4v) is 3.89. The Morgan fingerprint density at radius 1 is 1.35 bits per heavy atom. The number of benzene rings is 1. The first kappa shape index (κ1) is 16.6. The van der Waals surface area contributed by atoms with Gasteiger partial charge >= 0.3 is 0 Å². The van der Waals surface area contributed by atoms with Gasteiger partial charge in [0.2, 0.25) is 5.91 Å². The van der Waals surface area contributed by atoms with E-state index in [1.807, 2.05) is 31.2 Å². The number of nitrogen functional groups attached to an aromatic ring is 1. The first-order chi connectivity index (χ1) is 12.6. The van der Waals surface area contributed by atoms with Gasteiger partial charge in [0.05, 0.1) is 18.2 Å². The van der Waals surface area contributed by atoms with Gasteiger partial charge in [-0.1, -0.05) is 25.1 Å². The predicted octanol–water partition coefficient (Wildman–Crippen LogP) is 2.00. The van der Waals surface area contributed by atoms with Crippen molar-refractivity contribution in [3.05, 3.63) is 41.1 Å². The average molecular weight is 353 g/mol. The predicted molar refractivity (Wildman–Crippen MR) is 99.0 cm³/mol. The van der Waals surface area contributed by atoms with Gasteiger partial charge in [0.25, 0.3) is 5.91 Å². The molecule has 1 amide bonds. The van der Waals surface area contributed by atoms with Crippen LogP contribution in [0, 0.1) is 0 Å². The number of nitrogens with one attached hydrogen (secondary N) is 1. The molecule has 0 aliphatic carbocycles. The monoisotopic (exact) mass is 353 g/mol. The molecule has 3 heterocycles. The van der Waals surface area contributed by atoms with Gasteiger partial charge in [-0.25, -0.2) is 0 Å². The first-order valence-corrected chi connectivity index (χ1v) is 9.11. The Morgan fingerprint density at radius 2 is 2.15 bits per heavy atom. The second-order valence-corrected chi connectivity index (χ2v) is 6.83. The zero-order chi connectivity index (χ0) is 18.3. The molecule has 2 aromatic rings. The van der Waals surface area contributed by atoms with Crippen molar-refractivity contribution >= 4 is 23.3 Å². The number of hydrogen-bond donors (Lipinski definition) is 2. The molecule has 0 spiro atoms. The van der Waals surface area contributed by atoms with Crippen LogP contribution in [0.1, 0.15) is 47.3 Å². The van der Waals surface area contributed by atoms with Crippen LogP contribution in [0.4, 0.5) is 11.5 Å². The van der Waals surface area contributed by atoms with Crippen LogP contribution in [0.25, 0.3) is 0 Å². The van der Waals surface area contributed by atoms with E-state index in [0.717, 1.165) is 29.1 Å². The largest absolute Gasteiger partial charge is 0.385 e. The molecule has 1 atom stereocenters. The zero-order valence-corrected chi connectivity index (χ0v) is 14.9. The number of rotatable bonds is 2. The molecule has 0 saturated carbocycles. The highest BCUT2D eigenvalue weighted by molar-refractivity contribution is 5.90. The summed E-state index contributed by atoms with van der Waals surface area (Å²) in [6.07, 6.45) is 1.82. The van der Waals surface area contributed by atoms with E-state index in [0.29, 0.717) is 38.2 Å². The lowest BCUT2D eigenvalue weighted by atomic mass is 9.90. The highest BCUT2D eigenvalue weighted by Gasteiger charge is 2.32. The van der Waals surface area contributed by atoms with Crippen LogP contribution in [0.15, 0.2) is 24.3 Å². The van der Waals surface area contributed by atoms with Crippen LogP contribution in [-0.4, -0.2) is 39.6 Å². The van der Waals surface area contributed by atoms with Crippen molar-refractivity contribution < 1.29 is 9.59 Å². The number of nitrogens with zero attached hydrogens (tertiary/aromatic N) is 3. The average Bonchev–Trinajstić information content (AvgIpc) is 3.02. The van der Waals surface area contributed by atoms with Gasteiger partial charge in [-0.05, 0) is 24.5 Å². The molecule has 2 aliphatic rings. The highest BCUT2D eigenvalue weighted by atomic mass is 16.2. The molecule has 3 N–H and O–H groups in total. The van der Waals surface area contributed by atoms with Crippen LogP contribution in [0.3, 0.4) is 0 Å². The molecule has 2 aliphatic heterocycles. The number of anilines is 2. The third-order valence-corrected chi connectivity index (χ3v) is 5.33. The van der Waals surface area contributed by atoms with E-state index < -0.39 is 0 Å². The van der Waals surface area contributed by atoms with E-state index in [9.17, 15) is 9.59 Å². The number of carbonyl (C=O) groups excluding carboxylic acids is 2. The summed E-state index contributed by atoms with van der Waals surface area (Å²) in [6.45, 7) is 3.64. The van der Waals surface area contributed by atoms with Crippen molar-refractivity contribution in [1.29, 1.82) is 0 Å². The summed E-state index contributed by atoms with van der Waals surface area (Å²) >= 11 is 0. The van der Waals surface area contributed by atoms with Gasteiger partial charge in [0.15, 0.2) is 0 Å². The molecular formula is C19H23N5O2. The fraction of sp³-hybridized carbons (Fsp3) is 0.421. The maximum Gasteiger partial charge on any atom is 0.256 e. The third kappa shape index (κ3) is 2.64. The molecule has 0 radical (unpaired) electrons. The van der Waals surface area contributed by atoms with E-state index in [4.69, 9.17) is 5.73 Å². The van der Waals surface area contributed by atoms with E-state index >= 15 is 0 Å². The van der Waals surface area contributed by atoms with Crippen LogP contribution >= 0.6 is 0 Å². The number of carbonyl (C=O) groups is 2. The Hall–Kier alpha value is -2.83. The highest BCUT2D eigenvalue weighted by Crippen LogP contribution is 2.34. The molecule has 1 aromatic carbocycles. The quantitative estimate of drug-likeness (QED) is 0.861. The summed E-state index contributed by atoms with van der Waals surface area (Å²) in [5.41, 5.74) is 9.89. The lowest BCUT2D eigenvalue weighted by Crippen LogP contribution is -2.35. The number of aromatic nitrogens is 2. The standard InChI is InChI=1S/C19H23N5O2/c1-2-17(25)23-10-8-14-16(11-23)22-24(18(14)20)19(26)13-7-9-21-15-6-4-3-5-12(13)15/h3-6,13,21H,2,7-11,20H2,1H3. The maximum absolute atomic E-state index is 13.2. The molecule has 0 saturated heterocycles. The lowest BCUT2D eigenvalue weighted by Gasteiger charge is -2.25. The Morgan fingerprint density at radius 3 is 2.96 bits per heavy atom. The van der Waals surface area contributed by atoms with Crippen molar-refractivity contribution in [2.45, 2.75) is 38.6 Å². The molecule has 7 nitrogen and oxygen atoms in total. The van der Waals surface area contributed by atoms with E-state index in [1.54, 1.807) is 4.90 Å². The number of fused-ring (bicyclic) bond motifs is 2. The Kier molecular flexibility index (Phi) is 4.14. The minimum atomic E-state index is -0.260. The number of para-hydroxylation sites is 1. The van der Waals surface area contributed by atoms with E-state index in [2.05, 4.69) is 10.4 Å². The summed E-state index contributed by atoms with van der Waals surface area (Å²) < 4.78 is 1.36. The molecule has 7 heteroatoms. The van der Waals surface area contributed by atoms with Gasteiger partial charge in [-0.3, -0.25) is 9.59 Å². The molecular weight excluding hydrogens is 330 g/mol. The maximum atomic E-state index is 13.2. The second kappa shape index (κ2) is 6.48. The number of hydrogen-bond acceptors (Lipinski definition) is 5. The Balaban J connectivity index is 1.65. The minimum absolute atomic E-state index is 0.0979. The van der Waals surface area contributed by atoms with Crippen molar-refractivity contribution in [1.82, 2.24) is 14.7 Å².